The van der Waals surface area contributed by atoms with Crippen LogP contribution in [0.25, 0.3) is 0 Å². The third-order valence-corrected chi connectivity index (χ3v) is 2.67. The molecule has 0 aromatic carbocycles. The molecule has 1 amide bonds. The van der Waals surface area contributed by atoms with Crippen LogP contribution < -0.4 is 10.6 Å². The largest absolute Gasteiger partial charge is 0.307 e. The highest BCUT2D eigenvalue weighted by Gasteiger charge is 2.13. The van der Waals surface area contributed by atoms with E-state index < -0.39 is 0 Å². The second-order valence-corrected chi connectivity index (χ2v) is 6.05. The van der Waals surface area contributed by atoms with Gasteiger partial charge in [-0.15, -0.1) is 0 Å². The number of carbonyl (C=O) groups excluding carboxylic acids is 1. The summed E-state index contributed by atoms with van der Waals surface area (Å²) in [6.07, 6.45) is 1.53. The molecule has 1 heterocycles. The number of amides is 1. The van der Waals surface area contributed by atoms with E-state index in [9.17, 15) is 4.79 Å². The highest BCUT2D eigenvalue weighted by molar-refractivity contribution is 9.11. The minimum absolute atomic E-state index is 0.0973. The van der Waals surface area contributed by atoms with E-state index in [4.69, 9.17) is 0 Å². The van der Waals surface area contributed by atoms with Crippen LogP contribution in [0.3, 0.4) is 0 Å². The predicted octanol–water partition coefficient (Wildman–Crippen LogP) is 2.33. The Bertz CT molecular complexity index is 417. The lowest BCUT2D eigenvalue weighted by atomic mass is 10.1. The van der Waals surface area contributed by atoms with Gasteiger partial charge in [-0.1, -0.05) is 0 Å². The molecule has 1 aromatic heterocycles. The highest BCUT2D eigenvalue weighted by atomic mass is 79.9. The van der Waals surface area contributed by atoms with Crippen LogP contribution in [0.15, 0.2) is 15.4 Å². The second kappa shape index (κ2) is 5.88. The molecule has 0 unspecified atom stereocenters. The molecule has 1 rings (SSSR count). The van der Waals surface area contributed by atoms with Gasteiger partial charge in [0.2, 0.25) is 5.91 Å². The van der Waals surface area contributed by atoms with Crippen molar-refractivity contribution in [2.24, 2.45) is 0 Å². The lowest BCUT2D eigenvalue weighted by molar-refractivity contribution is -0.115. The fourth-order valence-electron chi connectivity index (χ4n) is 0.952. The number of hydrogen-bond acceptors (Lipinski definition) is 4. The predicted molar refractivity (Wildman–Crippen MR) is 73.8 cm³/mol. The molecule has 5 nitrogen and oxygen atoms in total. The van der Waals surface area contributed by atoms with Crippen molar-refractivity contribution in [3.05, 3.63) is 15.4 Å². The fourth-order valence-corrected chi connectivity index (χ4v) is 1.86. The number of nitrogens with one attached hydrogen (secondary N) is 2. The summed E-state index contributed by atoms with van der Waals surface area (Å²) < 4.78 is 1.10. The van der Waals surface area contributed by atoms with Crippen LogP contribution in [0.2, 0.25) is 0 Å². The Morgan fingerprint density at radius 2 is 2.06 bits per heavy atom. The molecule has 0 aliphatic rings. The number of nitrogens with zero attached hydrogens (tertiary/aromatic N) is 2. The summed E-state index contributed by atoms with van der Waals surface area (Å²) >= 11 is 6.42. The lowest BCUT2D eigenvalue weighted by Crippen LogP contribution is -2.41. The molecule has 0 spiro atoms. The van der Waals surface area contributed by atoms with Gasteiger partial charge >= 0.3 is 0 Å². The van der Waals surface area contributed by atoms with Gasteiger partial charge in [0.05, 0.1) is 12.7 Å². The first-order valence-corrected chi connectivity index (χ1v) is 6.59. The van der Waals surface area contributed by atoms with E-state index in [0.29, 0.717) is 15.0 Å². The molecule has 0 saturated carbocycles. The maximum atomic E-state index is 11.6. The summed E-state index contributed by atoms with van der Waals surface area (Å²) in [6.45, 7) is 6.22. The zero-order chi connectivity index (χ0) is 13.1. The Morgan fingerprint density at radius 3 is 2.59 bits per heavy atom. The van der Waals surface area contributed by atoms with Crippen molar-refractivity contribution in [3.8, 4) is 0 Å². The smallest absolute Gasteiger partial charge is 0.239 e. The SMILES string of the molecule is CC(C)(C)NCC(=O)Nc1ncc(Br)nc1Br. The molecule has 0 aliphatic carbocycles. The van der Waals surface area contributed by atoms with Crippen molar-refractivity contribution in [1.29, 1.82) is 0 Å². The summed E-state index contributed by atoms with van der Waals surface area (Å²) in [5.74, 6) is 0.256. The number of hydrogen-bond donors (Lipinski definition) is 2. The Balaban J connectivity index is 2.57. The number of rotatable bonds is 3. The van der Waals surface area contributed by atoms with Gasteiger partial charge in [-0.25, -0.2) is 9.97 Å². The monoisotopic (exact) mass is 364 g/mol. The van der Waals surface area contributed by atoms with Gasteiger partial charge in [-0.2, -0.15) is 0 Å². The highest BCUT2D eigenvalue weighted by Crippen LogP contribution is 2.19. The van der Waals surface area contributed by atoms with Crippen LogP contribution in [0.4, 0.5) is 5.82 Å². The Kier molecular flexibility index (Phi) is 5.03. The quantitative estimate of drug-likeness (QED) is 0.862. The van der Waals surface area contributed by atoms with Crippen LogP contribution in [0, 0.1) is 0 Å². The van der Waals surface area contributed by atoms with Gasteiger partial charge < -0.3 is 10.6 Å². The number of halogens is 2. The minimum atomic E-state index is -0.155. The molecule has 7 heteroatoms. The van der Waals surface area contributed by atoms with Crippen molar-refractivity contribution in [2.45, 2.75) is 26.3 Å². The van der Waals surface area contributed by atoms with Crippen LogP contribution in [-0.2, 0) is 4.79 Å². The van der Waals surface area contributed by atoms with Gasteiger partial charge in [-0.3, -0.25) is 4.79 Å². The molecule has 0 bridgehead atoms. The van der Waals surface area contributed by atoms with Crippen molar-refractivity contribution in [1.82, 2.24) is 15.3 Å². The molecule has 2 N–H and O–H groups in total. The molecule has 1 aromatic rings. The molecule has 0 radical (unpaired) electrons. The van der Waals surface area contributed by atoms with Crippen LogP contribution in [0.5, 0.6) is 0 Å². The molecule has 17 heavy (non-hydrogen) atoms. The lowest BCUT2D eigenvalue weighted by Gasteiger charge is -2.19. The number of anilines is 1. The van der Waals surface area contributed by atoms with Crippen LogP contribution >= 0.6 is 31.9 Å². The second-order valence-electron chi connectivity index (χ2n) is 4.48. The summed E-state index contributed by atoms with van der Waals surface area (Å²) in [4.78, 5) is 19.7. The van der Waals surface area contributed by atoms with E-state index in [0.717, 1.165) is 0 Å². The van der Waals surface area contributed by atoms with E-state index in [-0.39, 0.29) is 18.0 Å². The summed E-state index contributed by atoms with van der Waals surface area (Å²) in [5.41, 5.74) is -0.0973. The summed E-state index contributed by atoms with van der Waals surface area (Å²) in [5, 5.41) is 5.76. The Morgan fingerprint density at radius 1 is 1.41 bits per heavy atom. The molecule has 0 aliphatic heterocycles. The van der Waals surface area contributed by atoms with Gasteiger partial charge in [0, 0.05) is 5.54 Å². The van der Waals surface area contributed by atoms with Gasteiger partial charge in [0.15, 0.2) is 5.82 Å². The van der Waals surface area contributed by atoms with Crippen molar-refractivity contribution >= 4 is 43.6 Å². The first-order chi connectivity index (χ1) is 7.78. The first kappa shape index (κ1) is 14.5. The standard InChI is InChI=1S/C10H14Br2N4O/c1-10(2,3)14-5-7(17)16-9-8(12)15-6(11)4-13-9/h4,14H,5H2,1-3H3,(H,13,16,17). The zero-order valence-electron chi connectivity index (χ0n) is 9.84. The van der Waals surface area contributed by atoms with E-state index in [1.807, 2.05) is 20.8 Å². The van der Waals surface area contributed by atoms with Crippen molar-refractivity contribution < 1.29 is 4.79 Å². The molecule has 0 saturated heterocycles. The zero-order valence-corrected chi connectivity index (χ0v) is 13.0. The minimum Gasteiger partial charge on any atom is -0.307 e. The average Bonchev–Trinajstić information content (AvgIpc) is 2.18. The van der Waals surface area contributed by atoms with Gasteiger partial charge in [-0.05, 0) is 52.6 Å². The normalized spacial score (nSPS) is 11.4. The molecule has 0 fully saturated rings. The van der Waals surface area contributed by atoms with Crippen molar-refractivity contribution in [3.63, 3.8) is 0 Å². The molecule has 0 atom stereocenters. The van der Waals surface area contributed by atoms with Crippen LogP contribution in [-0.4, -0.2) is 28.0 Å². The number of carbonyl (C=O) groups is 1. The van der Waals surface area contributed by atoms with E-state index in [1.54, 1.807) is 0 Å². The van der Waals surface area contributed by atoms with Crippen LogP contribution in [0.1, 0.15) is 20.8 Å². The first-order valence-electron chi connectivity index (χ1n) is 5.01. The third-order valence-electron chi connectivity index (χ3n) is 1.74. The Labute approximate surface area is 117 Å². The third kappa shape index (κ3) is 5.56. The summed E-state index contributed by atoms with van der Waals surface area (Å²) in [6, 6.07) is 0. The average molecular weight is 366 g/mol. The molecule has 94 valence electrons. The van der Waals surface area contributed by atoms with Crippen molar-refractivity contribution in [2.75, 3.05) is 11.9 Å². The summed E-state index contributed by atoms with van der Waals surface area (Å²) in [7, 11) is 0. The fraction of sp³-hybridized carbons (Fsp3) is 0.500. The maximum Gasteiger partial charge on any atom is 0.239 e. The topological polar surface area (TPSA) is 66.9 Å². The maximum absolute atomic E-state index is 11.6. The molecular weight excluding hydrogens is 352 g/mol. The number of aromatic nitrogens is 2. The van der Waals surface area contributed by atoms with Gasteiger partial charge in [0.1, 0.15) is 9.21 Å². The van der Waals surface area contributed by atoms with E-state index in [1.165, 1.54) is 6.20 Å². The molecular formula is C10H14Br2N4O. The van der Waals surface area contributed by atoms with E-state index in [2.05, 4.69) is 52.5 Å². The van der Waals surface area contributed by atoms with Gasteiger partial charge in [0.25, 0.3) is 0 Å². The van der Waals surface area contributed by atoms with E-state index >= 15 is 0 Å². The Hall–Kier alpha value is -0.530.